The molecular weight excluding hydrogens is 431 g/mol. The van der Waals surface area contributed by atoms with Gasteiger partial charge in [0.25, 0.3) is 0 Å². The number of thioether (sulfide) groups is 1. The van der Waals surface area contributed by atoms with Crippen LogP contribution in [0.1, 0.15) is 28.1 Å². The first-order chi connectivity index (χ1) is 15.2. The summed E-state index contributed by atoms with van der Waals surface area (Å²) in [4.78, 5) is 5.77. The van der Waals surface area contributed by atoms with Gasteiger partial charge in [-0.1, -0.05) is 42.1 Å². The summed E-state index contributed by atoms with van der Waals surface area (Å²) in [7, 11) is 0. The molecule has 4 aromatic rings. The number of thiophene rings is 1. The second kappa shape index (κ2) is 7.25. The molecule has 2 aliphatic rings. The number of para-hydroxylation sites is 1. The van der Waals surface area contributed by atoms with Crippen molar-refractivity contribution >= 4 is 34.7 Å². The number of benzene rings is 2. The molecular formula is C23H17FN4OS2. The van der Waals surface area contributed by atoms with Crippen molar-refractivity contribution in [2.75, 3.05) is 11.6 Å². The van der Waals surface area contributed by atoms with Crippen LogP contribution in [0.2, 0.25) is 0 Å². The maximum Gasteiger partial charge on any atom is 0.227 e. The third-order valence-electron chi connectivity index (χ3n) is 5.53. The molecule has 2 atom stereocenters. The second-order valence-corrected chi connectivity index (χ2v) is 9.04. The van der Waals surface area contributed by atoms with Gasteiger partial charge in [-0.3, -0.25) is 0 Å². The Balaban J connectivity index is 1.64. The Bertz CT molecular complexity index is 1300. The minimum absolute atomic E-state index is 0.268. The number of hydrogen-bond donors (Lipinski definition) is 1. The van der Waals surface area contributed by atoms with E-state index in [-0.39, 0.29) is 18.0 Å². The molecule has 4 heterocycles. The summed E-state index contributed by atoms with van der Waals surface area (Å²) in [6.07, 6.45) is 1.66. The molecule has 0 spiro atoms. The van der Waals surface area contributed by atoms with Gasteiger partial charge in [-0.15, -0.1) is 16.4 Å². The number of aromatic nitrogens is 3. The van der Waals surface area contributed by atoms with Crippen molar-refractivity contribution in [2.24, 2.45) is 0 Å². The number of rotatable bonds is 3. The molecule has 2 aliphatic heterocycles. The molecule has 0 aliphatic carbocycles. The lowest BCUT2D eigenvalue weighted by molar-refractivity contribution is 0.226. The number of fused-ring (bicyclic) bond motifs is 3. The molecule has 0 saturated heterocycles. The van der Waals surface area contributed by atoms with E-state index in [9.17, 15) is 4.39 Å². The van der Waals surface area contributed by atoms with Crippen LogP contribution in [-0.4, -0.2) is 21.0 Å². The molecule has 5 nitrogen and oxygen atoms in total. The van der Waals surface area contributed by atoms with Crippen molar-refractivity contribution in [3.63, 3.8) is 0 Å². The van der Waals surface area contributed by atoms with E-state index in [1.807, 2.05) is 53.4 Å². The third kappa shape index (κ3) is 2.97. The number of halogens is 1. The van der Waals surface area contributed by atoms with Gasteiger partial charge >= 0.3 is 0 Å². The van der Waals surface area contributed by atoms with Crippen LogP contribution in [0, 0.1) is 5.82 Å². The van der Waals surface area contributed by atoms with E-state index in [2.05, 4.69) is 21.7 Å². The zero-order valence-electron chi connectivity index (χ0n) is 16.4. The first kappa shape index (κ1) is 18.7. The smallest absolute Gasteiger partial charge is 0.227 e. The zero-order chi connectivity index (χ0) is 20.9. The highest BCUT2D eigenvalue weighted by Crippen LogP contribution is 2.51. The van der Waals surface area contributed by atoms with Gasteiger partial charge in [0, 0.05) is 16.0 Å². The lowest BCUT2D eigenvalue weighted by Crippen LogP contribution is -2.32. The number of ether oxygens (including phenoxy) is 1. The van der Waals surface area contributed by atoms with E-state index in [4.69, 9.17) is 9.84 Å². The van der Waals surface area contributed by atoms with Crippen molar-refractivity contribution in [3.8, 4) is 5.75 Å². The predicted octanol–water partition coefficient (Wildman–Crippen LogP) is 5.76. The van der Waals surface area contributed by atoms with Crippen LogP contribution in [-0.2, 0) is 0 Å². The van der Waals surface area contributed by atoms with Crippen molar-refractivity contribution in [3.05, 3.63) is 93.4 Å². The Kier molecular flexibility index (Phi) is 4.36. The highest BCUT2D eigenvalue weighted by Gasteiger charge is 2.41. The second-order valence-electron chi connectivity index (χ2n) is 7.29. The lowest BCUT2D eigenvalue weighted by atomic mass is 9.86. The van der Waals surface area contributed by atoms with Gasteiger partial charge in [0.15, 0.2) is 6.10 Å². The van der Waals surface area contributed by atoms with E-state index >= 15 is 0 Å². The number of anilines is 1. The van der Waals surface area contributed by atoms with Crippen LogP contribution in [0.5, 0.6) is 5.75 Å². The Morgan fingerprint density at radius 3 is 2.71 bits per heavy atom. The van der Waals surface area contributed by atoms with Crippen molar-refractivity contribution < 1.29 is 9.13 Å². The molecule has 1 N–H and O–H groups in total. The van der Waals surface area contributed by atoms with Crippen molar-refractivity contribution in [2.45, 2.75) is 17.3 Å². The quantitative estimate of drug-likeness (QED) is 0.404. The van der Waals surface area contributed by atoms with Gasteiger partial charge in [-0.25, -0.2) is 9.07 Å². The predicted molar refractivity (Wildman–Crippen MR) is 121 cm³/mol. The Labute approximate surface area is 186 Å². The molecule has 154 valence electrons. The van der Waals surface area contributed by atoms with Crippen LogP contribution >= 0.6 is 23.1 Å². The summed E-state index contributed by atoms with van der Waals surface area (Å²) >= 11 is 3.14. The van der Waals surface area contributed by atoms with Crippen molar-refractivity contribution in [1.82, 2.24) is 14.8 Å². The van der Waals surface area contributed by atoms with Crippen LogP contribution < -0.4 is 10.1 Å². The molecule has 31 heavy (non-hydrogen) atoms. The average Bonchev–Trinajstić information content (AvgIpc) is 3.47. The van der Waals surface area contributed by atoms with Crippen LogP contribution in [0.4, 0.5) is 10.3 Å². The van der Waals surface area contributed by atoms with E-state index in [1.54, 1.807) is 11.3 Å². The molecule has 6 rings (SSSR count). The number of nitrogens with one attached hydrogen (secondary N) is 1. The molecule has 2 unspecified atom stereocenters. The first-order valence-electron chi connectivity index (χ1n) is 9.79. The van der Waals surface area contributed by atoms with Gasteiger partial charge in [0.05, 0.1) is 5.70 Å². The van der Waals surface area contributed by atoms with E-state index < -0.39 is 0 Å². The normalized spacial score (nSPS) is 19.2. The third-order valence-corrected chi connectivity index (χ3v) is 6.98. The van der Waals surface area contributed by atoms with Crippen LogP contribution in [0.3, 0.4) is 0 Å². The van der Waals surface area contributed by atoms with Gasteiger partial charge in [-0.2, -0.15) is 4.98 Å². The van der Waals surface area contributed by atoms with Crippen LogP contribution in [0.15, 0.2) is 76.8 Å². The van der Waals surface area contributed by atoms with Gasteiger partial charge in [-0.05, 0) is 47.5 Å². The maximum absolute atomic E-state index is 13.8. The topological polar surface area (TPSA) is 52.0 Å². The monoisotopic (exact) mass is 448 g/mol. The molecule has 0 bridgehead atoms. The zero-order valence-corrected chi connectivity index (χ0v) is 18.1. The summed E-state index contributed by atoms with van der Waals surface area (Å²) in [6.45, 7) is 0. The summed E-state index contributed by atoms with van der Waals surface area (Å²) in [6, 6.07) is 18.4. The molecule has 0 amide bonds. The number of hydrogen-bond acceptors (Lipinski definition) is 6. The summed E-state index contributed by atoms with van der Waals surface area (Å²) in [5, 5.41) is 11.0. The Morgan fingerprint density at radius 2 is 1.94 bits per heavy atom. The highest BCUT2D eigenvalue weighted by molar-refractivity contribution is 7.98. The maximum atomic E-state index is 13.8. The molecule has 0 radical (unpaired) electrons. The average molecular weight is 449 g/mol. The fourth-order valence-electron chi connectivity index (χ4n) is 4.19. The molecule has 2 aromatic carbocycles. The standard InChI is InChI=1S/C23H17FN4OS2/c1-30-23-26-22-25-19-15-5-2-3-6-16(15)29-21(17-7-4-12-31-17)18(19)20(28(22)27-23)13-8-10-14(24)11-9-13/h2-12,20-21H,1H3,(H,25,26,27). The fraction of sp³-hybridized carbons (Fsp3) is 0.130. The van der Waals surface area contributed by atoms with Gasteiger partial charge in [0.1, 0.15) is 17.6 Å². The highest BCUT2D eigenvalue weighted by atomic mass is 32.2. The Morgan fingerprint density at radius 1 is 1.10 bits per heavy atom. The molecule has 2 aromatic heterocycles. The van der Waals surface area contributed by atoms with Crippen molar-refractivity contribution in [1.29, 1.82) is 0 Å². The first-order valence-corrected chi connectivity index (χ1v) is 11.9. The van der Waals surface area contributed by atoms with E-state index in [0.717, 1.165) is 33.0 Å². The summed E-state index contributed by atoms with van der Waals surface area (Å²) in [5.74, 6) is 1.22. The molecule has 0 fully saturated rings. The van der Waals surface area contributed by atoms with Crippen LogP contribution in [0.25, 0.3) is 5.70 Å². The van der Waals surface area contributed by atoms with Gasteiger partial charge < -0.3 is 10.1 Å². The van der Waals surface area contributed by atoms with E-state index in [1.165, 1.54) is 23.9 Å². The lowest BCUT2D eigenvalue weighted by Gasteiger charge is -2.38. The summed E-state index contributed by atoms with van der Waals surface area (Å²) < 4.78 is 22.2. The SMILES string of the molecule is CSc1nc2n(n1)C(c1ccc(F)cc1)C1=C(N2)c2ccccc2OC1c1cccs1. The number of nitrogens with zero attached hydrogens (tertiary/aromatic N) is 3. The Hall–Kier alpha value is -3.10. The minimum Gasteiger partial charge on any atom is -0.480 e. The molecule has 0 saturated carbocycles. The minimum atomic E-state index is -0.289. The van der Waals surface area contributed by atoms with Gasteiger partial charge in [0.2, 0.25) is 11.1 Å². The summed E-state index contributed by atoms with van der Waals surface area (Å²) in [5.41, 5.74) is 3.93. The fourth-order valence-corrected chi connectivity index (χ4v) is 5.31. The largest absolute Gasteiger partial charge is 0.480 e. The van der Waals surface area contributed by atoms with E-state index in [0.29, 0.717) is 11.1 Å². The molecule has 8 heteroatoms.